The number of anilines is 1. The zero-order valence-corrected chi connectivity index (χ0v) is 11.7. The molecule has 2 aliphatic heterocycles. The summed E-state index contributed by atoms with van der Waals surface area (Å²) in [4.78, 5) is 29.0. The second-order valence-electron chi connectivity index (χ2n) is 5.53. The van der Waals surface area contributed by atoms with Gasteiger partial charge >= 0.3 is 6.09 Å². The third kappa shape index (κ3) is 1.93. The Bertz CT molecular complexity index is 775. The molecule has 4 rings (SSSR count). The minimum Gasteiger partial charge on any atom is -0.442 e. The lowest BCUT2D eigenvalue weighted by Crippen LogP contribution is -2.32. The van der Waals surface area contributed by atoms with Gasteiger partial charge in [0.05, 0.1) is 12.6 Å². The van der Waals surface area contributed by atoms with Crippen LogP contribution in [0.25, 0.3) is 10.8 Å². The van der Waals surface area contributed by atoms with E-state index in [-0.39, 0.29) is 18.2 Å². The van der Waals surface area contributed by atoms with E-state index in [2.05, 4.69) is 15.2 Å². The molecule has 2 amide bonds. The van der Waals surface area contributed by atoms with Gasteiger partial charge in [0.25, 0.3) is 0 Å². The van der Waals surface area contributed by atoms with Gasteiger partial charge in [0.1, 0.15) is 11.9 Å². The molecular weight excluding hydrogens is 284 g/mol. The highest BCUT2D eigenvalue weighted by molar-refractivity contribution is 6.00. The summed E-state index contributed by atoms with van der Waals surface area (Å²) >= 11 is 0. The quantitative estimate of drug-likeness (QED) is 0.847. The summed E-state index contributed by atoms with van der Waals surface area (Å²) in [6, 6.07) is 7.16. The van der Waals surface area contributed by atoms with E-state index in [4.69, 9.17) is 10.5 Å². The van der Waals surface area contributed by atoms with Crippen molar-refractivity contribution in [2.24, 2.45) is 5.73 Å². The maximum absolute atomic E-state index is 11.3. The molecule has 2 aromatic rings. The summed E-state index contributed by atoms with van der Waals surface area (Å²) in [5.74, 6) is 0.368. The SMILES string of the molecule is NC(=O)c1ccc2c(N3C[C@@H]4OC(=O)N[C@@H]4C3)nccc2c1. The Labute approximate surface area is 126 Å². The largest absolute Gasteiger partial charge is 0.442 e. The average Bonchev–Trinajstić information content (AvgIpc) is 3.03. The number of pyridine rings is 1. The van der Waals surface area contributed by atoms with Gasteiger partial charge in [-0.3, -0.25) is 4.79 Å². The second-order valence-corrected chi connectivity index (χ2v) is 5.53. The van der Waals surface area contributed by atoms with Crippen LogP contribution in [-0.2, 0) is 4.74 Å². The third-order valence-electron chi connectivity index (χ3n) is 4.16. The van der Waals surface area contributed by atoms with Crippen molar-refractivity contribution < 1.29 is 14.3 Å². The number of hydrogen-bond acceptors (Lipinski definition) is 5. The van der Waals surface area contributed by atoms with Crippen LogP contribution in [0.15, 0.2) is 30.5 Å². The normalized spacial score (nSPS) is 23.3. The van der Waals surface area contributed by atoms with Gasteiger partial charge in [-0.05, 0) is 29.7 Å². The Kier molecular flexibility index (Phi) is 2.69. The molecule has 7 heteroatoms. The molecule has 1 aromatic carbocycles. The molecule has 22 heavy (non-hydrogen) atoms. The lowest BCUT2D eigenvalue weighted by atomic mass is 10.1. The van der Waals surface area contributed by atoms with E-state index in [9.17, 15) is 9.59 Å². The molecule has 2 fully saturated rings. The van der Waals surface area contributed by atoms with Crippen LogP contribution in [0.1, 0.15) is 10.4 Å². The average molecular weight is 298 g/mol. The van der Waals surface area contributed by atoms with Crippen LogP contribution in [0.4, 0.5) is 10.6 Å². The minimum absolute atomic E-state index is 0.00514. The molecule has 7 nitrogen and oxygen atoms in total. The molecule has 3 N–H and O–H groups in total. The van der Waals surface area contributed by atoms with Gasteiger partial charge in [-0.25, -0.2) is 9.78 Å². The van der Waals surface area contributed by atoms with Crippen LogP contribution in [-0.4, -0.2) is 42.2 Å². The van der Waals surface area contributed by atoms with Crippen molar-refractivity contribution in [2.75, 3.05) is 18.0 Å². The number of carbonyl (C=O) groups is 2. The zero-order chi connectivity index (χ0) is 15.3. The van der Waals surface area contributed by atoms with Gasteiger partial charge in [-0.15, -0.1) is 0 Å². The number of alkyl carbamates (subject to hydrolysis) is 1. The number of primary amides is 1. The van der Waals surface area contributed by atoms with E-state index in [0.29, 0.717) is 18.7 Å². The van der Waals surface area contributed by atoms with Gasteiger partial charge in [0, 0.05) is 23.7 Å². The van der Waals surface area contributed by atoms with E-state index in [0.717, 1.165) is 16.6 Å². The predicted molar refractivity (Wildman–Crippen MR) is 79.7 cm³/mol. The second kappa shape index (κ2) is 4.59. The first-order valence-corrected chi connectivity index (χ1v) is 7.02. The molecule has 0 unspecified atom stereocenters. The summed E-state index contributed by atoms with van der Waals surface area (Å²) < 4.78 is 5.22. The maximum Gasteiger partial charge on any atom is 0.407 e. The number of amides is 2. The monoisotopic (exact) mass is 298 g/mol. The number of ether oxygens (including phenoxy) is 1. The molecule has 2 atom stereocenters. The van der Waals surface area contributed by atoms with Crippen LogP contribution in [0, 0.1) is 0 Å². The van der Waals surface area contributed by atoms with Gasteiger partial charge < -0.3 is 20.7 Å². The van der Waals surface area contributed by atoms with Crippen LogP contribution < -0.4 is 16.0 Å². The molecule has 0 spiro atoms. The predicted octanol–water partition coefficient (Wildman–Crippen LogP) is 0.631. The molecule has 0 radical (unpaired) electrons. The lowest BCUT2D eigenvalue weighted by Gasteiger charge is -2.19. The van der Waals surface area contributed by atoms with Crippen molar-refractivity contribution in [2.45, 2.75) is 12.1 Å². The number of fused-ring (bicyclic) bond motifs is 2. The van der Waals surface area contributed by atoms with Gasteiger partial charge in [0.15, 0.2) is 0 Å². The Balaban J connectivity index is 1.71. The Morgan fingerprint density at radius 1 is 1.36 bits per heavy atom. The summed E-state index contributed by atoms with van der Waals surface area (Å²) in [6.07, 6.45) is 1.21. The highest BCUT2D eigenvalue weighted by Gasteiger charge is 2.42. The highest BCUT2D eigenvalue weighted by Crippen LogP contribution is 2.30. The molecule has 0 aliphatic carbocycles. The van der Waals surface area contributed by atoms with E-state index < -0.39 is 5.91 Å². The number of rotatable bonds is 2. The maximum atomic E-state index is 11.3. The summed E-state index contributed by atoms with van der Waals surface area (Å²) in [7, 11) is 0. The fourth-order valence-corrected chi connectivity index (χ4v) is 3.10. The number of nitrogens with two attached hydrogens (primary N) is 1. The van der Waals surface area contributed by atoms with Crippen molar-refractivity contribution in [3.63, 3.8) is 0 Å². The molecule has 2 saturated heterocycles. The van der Waals surface area contributed by atoms with Crippen molar-refractivity contribution in [1.29, 1.82) is 0 Å². The molecular formula is C15H14N4O3. The molecule has 3 heterocycles. The smallest absolute Gasteiger partial charge is 0.407 e. The first-order chi connectivity index (χ1) is 10.6. The number of carbonyl (C=O) groups excluding carboxylic acids is 2. The molecule has 0 saturated carbocycles. The minimum atomic E-state index is -0.452. The van der Waals surface area contributed by atoms with Gasteiger partial charge in [-0.1, -0.05) is 0 Å². The van der Waals surface area contributed by atoms with Crippen LogP contribution >= 0.6 is 0 Å². The molecule has 112 valence electrons. The Hall–Kier alpha value is -2.83. The first-order valence-electron chi connectivity index (χ1n) is 7.02. The summed E-state index contributed by atoms with van der Waals surface area (Å²) in [5.41, 5.74) is 5.79. The van der Waals surface area contributed by atoms with Crippen LogP contribution in [0.3, 0.4) is 0 Å². The topological polar surface area (TPSA) is 97.5 Å². The van der Waals surface area contributed by atoms with E-state index >= 15 is 0 Å². The molecule has 2 aliphatic rings. The van der Waals surface area contributed by atoms with E-state index in [1.165, 1.54) is 0 Å². The van der Waals surface area contributed by atoms with Crippen molar-refractivity contribution in [1.82, 2.24) is 10.3 Å². The summed E-state index contributed by atoms with van der Waals surface area (Å²) in [6.45, 7) is 1.26. The third-order valence-corrected chi connectivity index (χ3v) is 4.16. The number of aromatic nitrogens is 1. The van der Waals surface area contributed by atoms with Gasteiger partial charge in [-0.2, -0.15) is 0 Å². The zero-order valence-electron chi connectivity index (χ0n) is 11.7. The summed E-state index contributed by atoms with van der Waals surface area (Å²) in [5, 5.41) is 4.65. The van der Waals surface area contributed by atoms with E-state index in [1.807, 2.05) is 12.1 Å². The fraction of sp³-hybridized carbons (Fsp3) is 0.267. The first kappa shape index (κ1) is 12.9. The fourth-order valence-electron chi connectivity index (χ4n) is 3.10. The van der Waals surface area contributed by atoms with Crippen LogP contribution in [0.5, 0.6) is 0 Å². The number of nitrogens with zero attached hydrogens (tertiary/aromatic N) is 2. The number of benzene rings is 1. The number of hydrogen-bond donors (Lipinski definition) is 2. The van der Waals surface area contributed by atoms with Crippen molar-refractivity contribution >= 4 is 28.6 Å². The lowest BCUT2D eigenvalue weighted by molar-refractivity contribution is 0.100. The van der Waals surface area contributed by atoms with Crippen molar-refractivity contribution in [3.05, 3.63) is 36.0 Å². The molecule has 0 bridgehead atoms. The van der Waals surface area contributed by atoms with E-state index in [1.54, 1.807) is 18.3 Å². The van der Waals surface area contributed by atoms with Gasteiger partial charge in [0.2, 0.25) is 5.91 Å². The Morgan fingerprint density at radius 2 is 2.23 bits per heavy atom. The van der Waals surface area contributed by atoms with Crippen molar-refractivity contribution in [3.8, 4) is 0 Å². The molecule has 1 aromatic heterocycles. The number of nitrogens with one attached hydrogen (secondary N) is 1. The standard InChI is InChI=1S/C15H14N4O3/c16-13(20)9-1-2-10-8(5-9)3-4-17-14(10)19-6-11-12(7-19)22-15(21)18-11/h1-5,11-12H,6-7H2,(H2,16,20)(H,18,21)/t11-,12+/m1/s1. The Morgan fingerprint density at radius 3 is 3.00 bits per heavy atom. The highest BCUT2D eigenvalue weighted by atomic mass is 16.6. The van der Waals surface area contributed by atoms with Crippen LogP contribution in [0.2, 0.25) is 0 Å².